The van der Waals surface area contributed by atoms with Gasteiger partial charge in [-0.3, -0.25) is 4.79 Å². The van der Waals surface area contributed by atoms with E-state index in [0.29, 0.717) is 24.8 Å². The summed E-state index contributed by atoms with van der Waals surface area (Å²) >= 11 is 0. The molecule has 0 N–H and O–H groups in total. The van der Waals surface area contributed by atoms with E-state index < -0.39 is 0 Å². The van der Waals surface area contributed by atoms with Crippen molar-refractivity contribution in [3.8, 4) is 11.4 Å². The number of hydrogen-bond donors (Lipinski definition) is 0. The van der Waals surface area contributed by atoms with Crippen molar-refractivity contribution in [3.63, 3.8) is 0 Å². The van der Waals surface area contributed by atoms with Crippen molar-refractivity contribution < 1.29 is 9.32 Å². The Balaban J connectivity index is 1.51. The average Bonchev–Trinajstić information content (AvgIpc) is 3.35. The second-order valence-corrected chi connectivity index (χ2v) is 7.00. The van der Waals surface area contributed by atoms with Crippen molar-refractivity contribution in [1.29, 1.82) is 0 Å². The highest BCUT2D eigenvalue weighted by molar-refractivity contribution is 5.76. The van der Waals surface area contributed by atoms with Crippen LogP contribution in [0.5, 0.6) is 0 Å². The second-order valence-electron chi connectivity index (χ2n) is 7.00. The maximum Gasteiger partial charge on any atom is 0.242 e. The molecular formula is C19H21N5O2. The first-order valence-corrected chi connectivity index (χ1v) is 8.77. The molecule has 134 valence electrons. The molecule has 4 rings (SSSR count). The van der Waals surface area contributed by atoms with Crippen molar-refractivity contribution in [2.45, 2.75) is 31.7 Å². The summed E-state index contributed by atoms with van der Waals surface area (Å²) in [5, 5.41) is 4.14. The Morgan fingerprint density at radius 3 is 2.92 bits per heavy atom. The molecule has 1 atom stereocenters. The van der Waals surface area contributed by atoms with E-state index in [2.05, 4.69) is 22.0 Å². The lowest BCUT2D eigenvalue weighted by Gasteiger charge is -2.38. The van der Waals surface area contributed by atoms with Crippen LogP contribution in [0, 0.1) is 0 Å². The molecule has 1 unspecified atom stereocenters. The third kappa shape index (κ3) is 3.24. The molecule has 1 aliphatic rings. The topological polar surface area (TPSA) is 77.0 Å². The maximum absolute atomic E-state index is 12.6. The van der Waals surface area contributed by atoms with Crippen LogP contribution >= 0.6 is 0 Å². The molecule has 0 radical (unpaired) electrons. The smallest absolute Gasteiger partial charge is 0.242 e. The number of imidazole rings is 1. The Kier molecular flexibility index (Phi) is 4.28. The first-order chi connectivity index (χ1) is 12.6. The van der Waals surface area contributed by atoms with Crippen LogP contribution < -0.4 is 0 Å². The minimum absolute atomic E-state index is 0.0803. The molecule has 1 amide bonds. The SMILES string of the molecule is CC1(c2nc(-c3ccccc3)no2)CCCN(C(=O)Cn2ccnc2)C1. The van der Waals surface area contributed by atoms with Gasteiger partial charge in [0.25, 0.3) is 0 Å². The standard InChI is InChI=1S/C19H21N5O2/c1-19(18-21-17(22-26-18)15-6-3-2-4-7-15)8-5-10-24(13-19)16(25)12-23-11-9-20-14-23/h2-4,6-7,9,11,14H,5,8,10,12-13H2,1H3. The fourth-order valence-electron chi connectivity index (χ4n) is 3.44. The number of amides is 1. The van der Waals surface area contributed by atoms with Crippen molar-refractivity contribution in [1.82, 2.24) is 24.6 Å². The van der Waals surface area contributed by atoms with E-state index in [0.717, 1.165) is 24.9 Å². The molecular weight excluding hydrogens is 330 g/mol. The van der Waals surface area contributed by atoms with Crippen molar-refractivity contribution in [2.75, 3.05) is 13.1 Å². The van der Waals surface area contributed by atoms with Crippen LogP contribution in [0.3, 0.4) is 0 Å². The van der Waals surface area contributed by atoms with Gasteiger partial charge in [0.1, 0.15) is 6.54 Å². The predicted octanol–water partition coefficient (Wildman–Crippen LogP) is 2.51. The van der Waals surface area contributed by atoms with Crippen LogP contribution in [0.25, 0.3) is 11.4 Å². The average molecular weight is 351 g/mol. The van der Waals surface area contributed by atoms with E-state index >= 15 is 0 Å². The number of hydrogen-bond acceptors (Lipinski definition) is 5. The molecule has 26 heavy (non-hydrogen) atoms. The summed E-state index contributed by atoms with van der Waals surface area (Å²) in [6.07, 6.45) is 6.96. The summed E-state index contributed by atoms with van der Waals surface area (Å²) in [6.45, 7) is 3.72. The first kappa shape index (κ1) is 16.5. The molecule has 1 aliphatic heterocycles. The predicted molar refractivity (Wildman–Crippen MR) is 95.1 cm³/mol. The highest BCUT2D eigenvalue weighted by atomic mass is 16.5. The van der Waals surface area contributed by atoms with Crippen LogP contribution in [0.2, 0.25) is 0 Å². The van der Waals surface area contributed by atoms with Gasteiger partial charge in [0.2, 0.25) is 17.6 Å². The minimum Gasteiger partial charge on any atom is -0.340 e. The van der Waals surface area contributed by atoms with E-state index in [4.69, 9.17) is 4.52 Å². The number of rotatable bonds is 4. The second kappa shape index (κ2) is 6.74. The maximum atomic E-state index is 12.6. The van der Waals surface area contributed by atoms with E-state index in [1.807, 2.05) is 35.2 Å². The summed E-state index contributed by atoms with van der Waals surface area (Å²) < 4.78 is 7.37. The zero-order valence-electron chi connectivity index (χ0n) is 14.7. The molecule has 3 heterocycles. The lowest BCUT2D eigenvalue weighted by molar-refractivity contribution is -0.134. The van der Waals surface area contributed by atoms with Crippen molar-refractivity contribution in [2.24, 2.45) is 0 Å². The van der Waals surface area contributed by atoms with E-state index in [-0.39, 0.29) is 11.3 Å². The normalized spacial score (nSPS) is 20.3. The first-order valence-electron chi connectivity index (χ1n) is 8.77. The number of benzene rings is 1. The highest BCUT2D eigenvalue weighted by Gasteiger charge is 2.39. The number of carbonyl (C=O) groups excluding carboxylic acids is 1. The molecule has 7 heteroatoms. The van der Waals surface area contributed by atoms with Gasteiger partial charge in [-0.05, 0) is 19.8 Å². The molecule has 1 fully saturated rings. The zero-order chi connectivity index (χ0) is 18.0. The number of piperidine rings is 1. The van der Waals surface area contributed by atoms with E-state index in [1.165, 1.54) is 0 Å². The Hall–Kier alpha value is -2.96. The lowest BCUT2D eigenvalue weighted by Crippen LogP contribution is -2.48. The van der Waals surface area contributed by atoms with E-state index in [9.17, 15) is 4.79 Å². The van der Waals surface area contributed by atoms with Gasteiger partial charge in [-0.1, -0.05) is 35.5 Å². The largest absolute Gasteiger partial charge is 0.340 e. The van der Waals surface area contributed by atoms with Gasteiger partial charge >= 0.3 is 0 Å². The quantitative estimate of drug-likeness (QED) is 0.722. The number of aromatic nitrogens is 4. The van der Waals surface area contributed by atoms with Gasteiger partial charge in [0.05, 0.1) is 11.7 Å². The van der Waals surface area contributed by atoms with Gasteiger partial charge in [0, 0.05) is 31.0 Å². The summed E-state index contributed by atoms with van der Waals surface area (Å²) in [5.41, 5.74) is 0.595. The van der Waals surface area contributed by atoms with E-state index in [1.54, 1.807) is 23.3 Å². The number of carbonyl (C=O) groups is 1. The number of likely N-dealkylation sites (tertiary alicyclic amines) is 1. The lowest BCUT2D eigenvalue weighted by atomic mass is 9.81. The molecule has 7 nitrogen and oxygen atoms in total. The zero-order valence-corrected chi connectivity index (χ0v) is 14.7. The molecule has 0 spiro atoms. The summed E-state index contributed by atoms with van der Waals surface area (Å²) in [7, 11) is 0. The molecule has 0 saturated carbocycles. The Morgan fingerprint density at radius 2 is 2.15 bits per heavy atom. The number of nitrogens with zero attached hydrogens (tertiary/aromatic N) is 5. The van der Waals surface area contributed by atoms with Crippen LogP contribution in [0.1, 0.15) is 25.7 Å². The van der Waals surface area contributed by atoms with Gasteiger partial charge in [0.15, 0.2) is 0 Å². The molecule has 3 aromatic rings. The molecule has 2 aromatic heterocycles. The molecule has 1 aromatic carbocycles. The summed E-state index contributed by atoms with van der Waals surface area (Å²) in [6, 6.07) is 9.77. The fourth-order valence-corrected chi connectivity index (χ4v) is 3.44. The summed E-state index contributed by atoms with van der Waals surface area (Å²) in [5.74, 6) is 1.26. The van der Waals surface area contributed by atoms with Crippen LogP contribution in [-0.2, 0) is 16.8 Å². The Bertz CT molecular complexity index is 874. The fraction of sp³-hybridized carbons (Fsp3) is 0.368. The van der Waals surface area contributed by atoms with Gasteiger partial charge in [-0.2, -0.15) is 4.98 Å². The third-order valence-electron chi connectivity index (χ3n) is 4.90. The Morgan fingerprint density at radius 1 is 1.31 bits per heavy atom. The highest BCUT2D eigenvalue weighted by Crippen LogP contribution is 2.33. The van der Waals surface area contributed by atoms with Crippen molar-refractivity contribution >= 4 is 5.91 Å². The molecule has 0 bridgehead atoms. The van der Waals surface area contributed by atoms with Gasteiger partial charge in [-0.25, -0.2) is 4.98 Å². The van der Waals surface area contributed by atoms with Gasteiger partial charge < -0.3 is 14.0 Å². The summed E-state index contributed by atoms with van der Waals surface area (Å²) in [4.78, 5) is 23.1. The van der Waals surface area contributed by atoms with Crippen LogP contribution in [0.4, 0.5) is 0 Å². The Labute approximate surface area is 151 Å². The minimum atomic E-state index is -0.330. The molecule has 0 aliphatic carbocycles. The molecule has 1 saturated heterocycles. The van der Waals surface area contributed by atoms with Crippen molar-refractivity contribution in [3.05, 3.63) is 54.9 Å². The van der Waals surface area contributed by atoms with Gasteiger partial charge in [-0.15, -0.1) is 0 Å². The van der Waals surface area contributed by atoms with Crippen LogP contribution in [0.15, 0.2) is 53.6 Å². The van der Waals surface area contributed by atoms with Crippen LogP contribution in [-0.4, -0.2) is 43.6 Å². The monoisotopic (exact) mass is 351 g/mol. The third-order valence-corrected chi connectivity index (χ3v) is 4.90.